The highest BCUT2D eigenvalue weighted by Crippen LogP contribution is 2.29. The van der Waals surface area contributed by atoms with Gasteiger partial charge >= 0.3 is 5.97 Å². The van der Waals surface area contributed by atoms with Gasteiger partial charge in [0.1, 0.15) is 6.54 Å². The van der Waals surface area contributed by atoms with Crippen molar-refractivity contribution in [1.82, 2.24) is 4.57 Å². The van der Waals surface area contributed by atoms with Crippen LogP contribution in [0.15, 0.2) is 47.4 Å². The topological polar surface area (TPSA) is 77.4 Å². The summed E-state index contributed by atoms with van der Waals surface area (Å²) in [6.45, 7) is 1.12. The molecule has 1 aromatic carbocycles. The van der Waals surface area contributed by atoms with Crippen molar-refractivity contribution in [2.75, 3.05) is 5.32 Å². The molecule has 24 heavy (non-hydrogen) atoms. The maximum absolute atomic E-state index is 12.1. The molecule has 0 radical (unpaired) electrons. The van der Waals surface area contributed by atoms with E-state index in [9.17, 15) is 14.4 Å². The van der Waals surface area contributed by atoms with Crippen LogP contribution in [-0.4, -0.2) is 22.5 Å². The minimum absolute atomic E-state index is 0.244. The molecule has 0 aliphatic rings. The van der Waals surface area contributed by atoms with Crippen molar-refractivity contribution in [2.24, 2.45) is 0 Å². The highest BCUT2D eigenvalue weighted by molar-refractivity contribution is 6.39. The number of aromatic nitrogens is 1. The van der Waals surface area contributed by atoms with Gasteiger partial charge < -0.3 is 14.6 Å². The van der Waals surface area contributed by atoms with Gasteiger partial charge in [-0.15, -0.1) is 0 Å². The van der Waals surface area contributed by atoms with Crippen LogP contribution in [0.3, 0.4) is 0 Å². The van der Waals surface area contributed by atoms with E-state index in [0.717, 1.165) is 0 Å². The van der Waals surface area contributed by atoms with Crippen molar-refractivity contribution < 1.29 is 14.3 Å². The van der Waals surface area contributed by atoms with Gasteiger partial charge in [0.15, 0.2) is 6.10 Å². The predicted molar refractivity (Wildman–Crippen MR) is 91.3 cm³/mol. The summed E-state index contributed by atoms with van der Waals surface area (Å²) >= 11 is 11.9. The smallest absolute Gasteiger partial charge is 0.326 e. The van der Waals surface area contributed by atoms with Crippen LogP contribution in [0.4, 0.5) is 5.69 Å². The Labute approximate surface area is 147 Å². The highest BCUT2D eigenvalue weighted by Gasteiger charge is 2.20. The Kier molecular flexibility index (Phi) is 6.00. The summed E-state index contributed by atoms with van der Waals surface area (Å²) in [5, 5.41) is 3.05. The number of para-hydroxylation sites is 1. The molecule has 0 saturated carbocycles. The Hall–Kier alpha value is -2.31. The van der Waals surface area contributed by atoms with Crippen LogP contribution in [0.2, 0.25) is 10.0 Å². The SMILES string of the molecule is C[C@@H](OC(=O)Cn1ccccc1=O)C(=O)Nc1c(Cl)cccc1Cl. The number of esters is 1. The second-order valence-electron chi connectivity index (χ2n) is 4.88. The van der Waals surface area contributed by atoms with Crippen molar-refractivity contribution in [3.8, 4) is 0 Å². The van der Waals surface area contributed by atoms with E-state index < -0.39 is 18.0 Å². The molecular formula is C16H14Cl2N2O4. The van der Waals surface area contributed by atoms with Crippen molar-refractivity contribution in [3.05, 3.63) is 63.0 Å². The molecule has 0 unspecified atom stereocenters. The molecule has 126 valence electrons. The van der Waals surface area contributed by atoms with E-state index in [0.29, 0.717) is 0 Å². The van der Waals surface area contributed by atoms with E-state index in [2.05, 4.69) is 5.32 Å². The Bertz CT molecular complexity index is 799. The number of carbonyl (C=O) groups is 2. The van der Waals surface area contributed by atoms with Crippen molar-refractivity contribution in [2.45, 2.75) is 19.6 Å². The third kappa shape index (κ3) is 4.59. The first kappa shape index (κ1) is 18.0. The first-order valence-electron chi connectivity index (χ1n) is 6.98. The summed E-state index contributed by atoms with van der Waals surface area (Å²) < 4.78 is 6.20. The quantitative estimate of drug-likeness (QED) is 0.823. The standard InChI is InChI=1S/C16H14Cl2N2O4/c1-10(16(23)19-15-11(17)5-4-6-12(15)18)24-14(22)9-20-8-3-2-7-13(20)21/h2-8,10H,9H2,1H3,(H,19,23)/t10-/m1/s1. The molecule has 0 aliphatic carbocycles. The lowest BCUT2D eigenvalue weighted by Gasteiger charge is -2.15. The molecular weight excluding hydrogens is 355 g/mol. The van der Waals surface area contributed by atoms with Gasteiger partial charge in [0.25, 0.3) is 11.5 Å². The Morgan fingerprint density at radius 1 is 1.17 bits per heavy atom. The molecule has 1 N–H and O–H groups in total. The first-order chi connectivity index (χ1) is 11.4. The zero-order chi connectivity index (χ0) is 17.7. The van der Waals surface area contributed by atoms with Gasteiger partial charge in [-0.2, -0.15) is 0 Å². The number of pyridine rings is 1. The second-order valence-corrected chi connectivity index (χ2v) is 5.70. The van der Waals surface area contributed by atoms with Gasteiger partial charge in [0.2, 0.25) is 0 Å². The lowest BCUT2D eigenvalue weighted by Crippen LogP contribution is -2.32. The van der Waals surface area contributed by atoms with Crippen molar-refractivity contribution in [1.29, 1.82) is 0 Å². The lowest BCUT2D eigenvalue weighted by molar-refractivity contribution is -0.153. The normalized spacial score (nSPS) is 11.6. The molecule has 0 aliphatic heterocycles. The zero-order valence-electron chi connectivity index (χ0n) is 12.7. The maximum atomic E-state index is 12.1. The number of nitrogens with one attached hydrogen (secondary N) is 1. The number of benzene rings is 1. The molecule has 1 heterocycles. The molecule has 6 nitrogen and oxygen atoms in total. The Morgan fingerprint density at radius 2 is 1.83 bits per heavy atom. The number of hydrogen-bond donors (Lipinski definition) is 1. The summed E-state index contributed by atoms with van der Waals surface area (Å²) in [4.78, 5) is 35.5. The van der Waals surface area contributed by atoms with Gasteiger partial charge in [0, 0.05) is 12.3 Å². The molecule has 1 atom stereocenters. The first-order valence-corrected chi connectivity index (χ1v) is 7.74. The number of rotatable bonds is 5. The third-order valence-corrected chi connectivity index (χ3v) is 3.72. The van der Waals surface area contributed by atoms with E-state index >= 15 is 0 Å². The summed E-state index contributed by atoms with van der Waals surface area (Å²) in [6.07, 6.45) is 0.377. The van der Waals surface area contributed by atoms with Gasteiger partial charge in [-0.25, -0.2) is 0 Å². The number of carbonyl (C=O) groups excluding carboxylic acids is 2. The molecule has 0 fully saturated rings. The van der Waals surface area contributed by atoms with E-state index in [1.165, 1.54) is 23.8 Å². The van der Waals surface area contributed by atoms with Gasteiger partial charge in [-0.1, -0.05) is 35.3 Å². The lowest BCUT2D eigenvalue weighted by atomic mass is 10.3. The predicted octanol–water partition coefficient (Wildman–Crippen LogP) is 2.73. The van der Waals surface area contributed by atoms with Crippen LogP contribution in [0.5, 0.6) is 0 Å². The second kappa shape index (κ2) is 7.99. The van der Waals surface area contributed by atoms with Gasteiger partial charge in [0.05, 0.1) is 15.7 Å². The van der Waals surface area contributed by atoms with Crippen molar-refractivity contribution >= 4 is 40.8 Å². The number of halogens is 2. The van der Waals surface area contributed by atoms with Crippen LogP contribution >= 0.6 is 23.2 Å². The third-order valence-electron chi connectivity index (χ3n) is 3.09. The van der Waals surface area contributed by atoms with E-state index in [1.54, 1.807) is 30.3 Å². The van der Waals surface area contributed by atoms with E-state index in [4.69, 9.17) is 27.9 Å². The molecule has 0 saturated heterocycles. The maximum Gasteiger partial charge on any atom is 0.326 e. The fourth-order valence-electron chi connectivity index (χ4n) is 1.86. The minimum atomic E-state index is -1.08. The highest BCUT2D eigenvalue weighted by atomic mass is 35.5. The van der Waals surface area contributed by atoms with Crippen LogP contribution in [-0.2, 0) is 20.9 Å². The monoisotopic (exact) mass is 368 g/mol. The minimum Gasteiger partial charge on any atom is -0.451 e. The van der Waals surface area contributed by atoms with Crippen LogP contribution in [0.1, 0.15) is 6.92 Å². The fourth-order valence-corrected chi connectivity index (χ4v) is 2.35. The molecule has 2 rings (SSSR count). The number of amides is 1. The van der Waals surface area contributed by atoms with Crippen LogP contribution in [0, 0.1) is 0 Å². The molecule has 0 spiro atoms. The molecule has 2 aromatic rings. The number of hydrogen-bond acceptors (Lipinski definition) is 4. The van der Waals surface area contributed by atoms with Crippen LogP contribution < -0.4 is 10.9 Å². The number of nitrogens with zero attached hydrogens (tertiary/aromatic N) is 1. The number of anilines is 1. The fraction of sp³-hybridized carbons (Fsp3) is 0.188. The van der Waals surface area contributed by atoms with Gasteiger partial charge in [-0.3, -0.25) is 14.4 Å². The molecule has 1 amide bonds. The summed E-state index contributed by atoms with van der Waals surface area (Å²) in [7, 11) is 0. The zero-order valence-corrected chi connectivity index (χ0v) is 14.2. The van der Waals surface area contributed by atoms with Crippen LogP contribution in [0.25, 0.3) is 0 Å². The molecule has 8 heteroatoms. The van der Waals surface area contributed by atoms with E-state index in [1.807, 2.05) is 0 Å². The largest absolute Gasteiger partial charge is 0.451 e. The number of ether oxygens (including phenoxy) is 1. The van der Waals surface area contributed by atoms with Gasteiger partial charge in [-0.05, 0) is 25.1 Å². The molecule has 1 aromatic heterocycles. The molecule has 0 bridgehead atoms. The van der Waals surface area contributed by atoms with Crippen molar-refractivity contribution in [3.63, 3.8) is 0 Å². The Morgan fingerprint density at radius 3 is 2.46 bits per heavy atom. The average Bonchev–Trinajstić information content (AvgIpc) is 2.53. The summed E-state index contributed by atoms with van der Waals surface area (Å²) in [5.74, 6) is -1.30. The Balaban J connectivity index is 1.97. The summed E-state index contributed by atoms with van der Waals surface area (Å²) in [5.41, 5.74) is -0.0950. The summed E-state index contributed by atoms with van der Waals surface area (Å²) in [6, 6.07) is 9.28. The van der Waals surface area contributed by atoms with E-state index in [-0.39, 0.29) is 27.8 Å². The average molecular weight is 369 g/mol.